The standard InChI is InChI=1S/C30H38N2O8/c1-29(2,19-26(36)40-27(37)20-30(3,4)18-25(34)35)17-24(33)31-16-15-21-11-13-23(14-12-21)39-28(38)32(5)22-9-7-6-8-10-22/h6-14H,15-20H2,1-5H3,(H,31,33)(H,34,35). The first-order valence-electron chi connectivity index (χ1n) is 13.0. The molecule has 0 atom stereocenters. The van der Waals surface area contributed by atoms with E-state index in [2.05, 4.69) is 5.32 Å². The van der Waals surface area contributed by atoms with Crippen LogP contribution in [0.15, 0.2) is 54.6 Å². The summed E-state index contributed by atoms with van der Waals surface area (Å²) in [7, 11) is 1.63. The first-order chi connectivity index (χ1) is 18.7. The predicted octanol–water partition coefficient (Wildman–Crippen LogP) is 4.75. The highest BCUT2D eigenvalue weighted by atomic mass is 16.6. The van der Waals surface area contributed by atoms with Crippen molar-refractivity contribution < 1.29 is 38.6 Å². The van der Waals surface area contributed by atoms with Crippen LogP contribution in [-0.4, -0.2) is 48.6 Å². The molecule has 10 nitrogen and oxygen atoms in total. The number of ether oxygens (including phenoxy) is 2. The summed E-state index contributed by atoms with van der Waals surface area (Å²) in [6, 6.07) is 16.1. The summed E-state index contributed by atoms with van der Waals surface area (Å²) in [5.74, 6) is -2.44. The van der Waals surface area contributed by atoms with E-state index in [1.54, 1.807) is 59.0 Å². The number of nitrogens with zero attached hydrogens (tertiary/aromatic N) is 1. The Labute approximate surface area is 234 Å². The minimum atomic E-state index is -1.04. The van der Waals surface area contributed by atoms with Crippen LogP contribution in [0, 0.1) is 10.8 Å². The van der Waals surface area contributed by atoms with Gasteiger partial charge in [0, 0.05) is 25.7 Å². The zero-order valence-electron chi connectivity index (χ0n) is 23.7. The maximum absolute atomic E-state index is 12.5. The SMILES string of the molecule is CN(C(=O)Oc1ccc(CCNC(=O)CC(C)(C)CC(=O)OC(=O)CC(C)(C)CC(=O)O)cc1)c1ccccc1. The highest BCUT2D eigenvalue weighted by Crippen LogP contribution is 2.28. The molecular weight excluding hydrogens is 516 g/mol. The molecule has 0 saturated heterocycles. The minimum absolute atomic E-state index is 0.0462. The third kappa shape index (κ3) is 11.7. The van der Waals surface area contributed by atoms with Gasteiger partial charge >= 0.3 is 24.0 Å². The van der Waals surface area contributed by atoms with E-state index < -0.39 is 34.8 Å². The van der Waals surface area contributed by atoms with E-state index >= 15 is 0 Å². The topological polar surface area (TPSA) is 139 Å². The van der Waals surface area contributed by atoms with Crippen LogP contribution in [0.4, 0.5) is 10.5 Å². The summed E-state index contributed by atoms with van der Waals surface area (Å²) in [6.45, 7) is 7.03. The van der Waals surface area contributed by atoms with Gasteiger partial charge in [0.2, 0.25) is 5.91 Å². The number of carboxylic acids is 1. The van der Waals surface area contributed by atoms with Crippen LogP contribution in [0.3, 0.4) is 0 Å². The van der Waals surface area contributed by atoms with Gasteiger partial charge < -0.3 is 19.9 Å². The molecule has 0 fully saturated rings. The van der Waals surface area contributed by atoms with E-state index in [1.807, 2.05) is 30.3 Å². The second kappa shape index (κ2) is 14.3. The summed E-state index contributed by atoms with van der Waals surface area (Å²) >= 11 is 0. The fourth-order valence-corrected chi connectivity index (χ4v) is 4.01. The Bertz CT molecular complexity index is 1190. The quantitative estimate of drug-likeness (QED) is 0.267. The highest BCUT2D eigenvalue weighted by molar-refractivity contribution is 5.88. The number of carbonyl (C=O) groups is 5. The van der Waals surface area contributed by atoms with Gasteiger partial charge in [0.1, 0.15) is 5.75 Å². The van der Waals surface area contributed by atoms with Crippen molar-refractivity contribution in [3.05, 3.63) is 60.2 Å². The van der Waals surface area contributed by atoms with E-state index in [4.69, 9.17) is 14.6 Å². The Balaban J connectivity index is 1.74. The number of carbonyl (C=O) groups excluding carboxylic acids is 4. The molecule has 0 spiro atoms. The number of carboxylic acid groups (broad SMARTS) is 1. The third-order valence-corrected chi connectivity index (χ3v) is 6.02. The molecule has 0 aromatic heterocycles. The van der Waals surface area contributed by atoms with Gasteiger partial charge in [0.15, 0.2) is 0 Å². The molecule has 0 aliphatic rings. The van der Waals surface area contributed by atoms with Gasteiger partial charge in [-0.15, -0.1) is 0 Å². The Hall–Kier alpha value is -4.21. The van der Waals surface area contributed by atoms with Crippen molar-refractivity contribution in [3.63, 3.8) is 0 Å². The lowest BCUT2D eigenvalue weighted by atomic mass is 9.85. The molecule has 216 valence electrons. The molecule has 0 aliphatic heterocycles. The maximum atomic E-state index is 12.5. The molecular formula is C30H38N2O8. The van der Waals surface area contributed by atoms with E-state index in [0.717, 1.165) is 5.56 Å². The number of esters is 2. The molecule has 0 radical (unpaired) electrons. The first-order valence-corrected chi connectivity index (χ1v) is 13.0. The van der Waals surface area contributed by atoms with Crippen LogP contribution in [0.1, 0.15) is 58.9 Å². The smallest absolute Gasteiger partial charge is 0.419 e. The number of aliphatic carboxylic acids is 1. The van der Waals surface area contributed by atoms with Crippen molar-refractivity contribution >= 4 is 35.6 Å². The number of amides is 2. The Morgan fingerprint density at radius 3 is 1.90 bits per heavy atom. The molecule has 2 N–H and O–H groups in total. The number of para-hydroxylation sites is 1. The van der Waals surface area contributed by atoms with Gasteiger partial charge in [0.25, 0.3) is 0 Å². The molecule has 2 rings (SSSR count). The van der Waals surface area contributed by atoms with Crippen molar-refractivity contribution in [2.24, 2.45) is 10.8 Å². The molecule has 40 heavy (non-hydrogen) atoms. The van der Waals surface area contributed by atoms with Gasteiger partial charge in [-0.2, -0.15) is 0 Å². The third-order valence-electron chi connectivity index (χ3n) is 6.02. The zero-order chi connectivity index (χ0) is 29.9. The largest absolute Gasteiger partial charge is 0.481 e. The molecule has 2 aromatic rings. The number of rotatable bonds is 13. The lowest BCUT2D eigenvalue weighted by Gasteiger charge is -2.23. The molecule has 10 heteroatoms. The number of hydrogen-bond acceptors (Lipinski definition) is 7. The number of benzene rings is 2. The van der Waals surface area contributed by atoms with E-state index in [9.17, 15) is 24.0 Å². The summed E-state index contributed by atoms with van der Waals surface area (Å²) in [5, 5.41) is 11.7. The lowest BCUT2D eigenvalue weighted by Crippen LogP contribution is -2.32. The Morgan fingerprint density at radius 1 is 0.800 bits per heavy atom. The van der Waals surface area contributed by atoms with Gasteiger partial charge in [-0.1, -0.05) is 58.0 Å². The fourth-order valence-electron chi connectivity index (χ4n) is 4.01. The minimum Gasteiger partial charge on any atom is -0.481 e. The normalized spacial score (nSPS) is 11.3. The van der Waals surface area contributed by atoms with E-state index in [0.29, 0.717) is 24.4 Å². The van der Waals surface area contributed by atoms with Crippen LogP contribution in [0.2, 0.25) is 0 Å². The van der Waals surface area contributed by atoms with Crippen molar-refractivity contribution in [1.29, 1.82) is 0 Å². The van der Waals surface area contributed by atoms with Crippen LogP contribution in [-0.2, 0) is 30.3 Å². The Kier molecular flexibility index (Phi) is 11.4. The second-order valence-electron chi connectivity index (χ2n) is 11.3. The van der Waals surface area contributed by atoms with Crippen LogP contribution >= 0.6 is 0 Å². The first kappa shape index (κ1) is 32.0. The van der Waals surface area contributed by atoms with E-state index in [1.165, 1.54) is 4.90 Å². The number of hydrogen-bond donors (Lipinski definition) is 2. The Morgan fingerprint density at radius 2 is 1.35 bits per heavy atom. The fraction of sp³-hybridized carbons (Fsp3) is 0.433. The molecule has 2 aromatic carbocycles. The van der Waals surface area contributed by atoms with Gasteiger partial charge in [0.05, 0.1) is 19.3 Å². The van der Waals surface area contributed by atoms with Crippen molar-refractivity contribution in [3.8, 4) is 5.75 Å². The molecule has 2 amide bonds. The summed E-state index contributed by atoms with van der Waals surface area (Å²) in [5.41, 5.74) is 0.0490. The van der Waals surface area contributed by atoms with Crippen LogP contribution in [0.5, 0.6) is 5.75 Å². The molecule has 0 saturated carbocycles. The summed E-state index contributed by atoms with van der Waals surface area (Å²) in [4.78, 5) is 61.4. The molecule has 0 heterocycles. The number of nitrogens with one attached hydrogen (secondary N) is 1. The number of anilines is 1. The van der Waals surface area contributed by atoms with Crippen LogP contribution < -0.4 is 15.0 Å². The van der Waals surface area contributed by atoms with Crippen molar-refractivity contribution in [1.82, 2.24) is 5.32 Å². The van der Waals surface area contributed by atoms with Gasteiger partial charge in [-0.3, -0.25) is 24.1 Å². The second-order valence-corrected chi connectivity index (χ2v) is 11.3. The predicted molar refractivity (Wildman–Crippen MR) is 149 cm³/mol. The maximum Gasteiger partial charge on any atom is 0.419 e. The average molecular weight is 555 g/mol. The van der Waals surface area contributed by atoms with Gasteiger partial charge in [-0.05, 0) is 47.1 Å². The van der Waals surface area contributed by atoms with E-state index in [-0.39, 0.29) is 31.6 Å². The summed E-state index contributed by atoms with van der Waals surface area (Å²) < 4.78 is 10.3. The lowest BCUT2D eigenvalue weighted by molar-refractivity contribution is -0.162. The van der Waals surface area contributed by atoms with Crippen LogP contribution in [0.25, 0.3) is 0 Å². The van der Waals surface area contributed by atoms with Gasteiger partial charge in [-0.25, -0.2) is 4.79 Å². The van der Waals surface area contributed by atoms with Crippen molar-refractivity contribution in [2.45, 2.75) is 59.8 Å². The monoisotopic (exact) mass is 554 g/mol. The molecule has 0 unspecified atom stereocenters. The average Bonchev–Trinajstić information content (AvgIpc) is 2.82. The van der Waals surface area contributed by atoms with Crippen molar-refractivity contribution in [2.75, 3.05) is 18.5 Å². The summed E-state index contributed by atoms with van der Waals surface area (Å²) in [6.07, 6.45) is -0.501. The molecule has 0 aliphatic carbocycles. The molecule has 0 bridgehead atoms. The zero-order valence-corrected chi connectivity index (χ0v) is 23.7. The highest BCUT2D eigenvalue weighted by Gasteiger charge is 2.30.